The first-order valence-electron chi connectivity index (χ1n) is 5.48. The first-order valence-corrected chi connectivity index (χ1v) is 5.48. The van der Waals surface area contributed by atoms with Crippen LogP contribution in [0.5, 0.6) is 0 Å². The van der Waals surface area contributed by atoms with Gasteiger partial charge in [0.05, 0.1) is 6.07 Å². The molecule has 0 aromatic heterocycles. The highest BCUT2D eigenvalue weighted by Gasteiger charge is 2.16. The molecule has 0 aliphatic rings. The van der Waals surface area contributed by atoms with Crippen LogP contribution in [0, 0.1) is 29.6 Å². The Morgan fingerprint density at radius 1 is 1.59 bits per heavy atom. The molecule has 0 spiro atoms. The number of anilines is 1. The molecule has 0 aliphatic heterocycles. The molecule has 1 aromatic carbocycles. The average molecular weight is 226 g/mol. The second-order valence-electron chi connectivity index (χ2n) is 3.68. The van der Waals surface area contributed by atoms with Crippen molar-refractivity contribution in [3.63, 3.8) is 0 Å². The second kappa shape index (κ2) is 6.35. The van der Waals surface area contributed by atoms with Gasteiger partial charge < -0.3 is 5.32 Å². The van der Waals surface area contributed by atoms with E-state index in [1.165, 1.54) is 0 Å². The summed E-state index contributed by atoms with van der Waals surface area (Å²) in [5.41, 5.74) is 1.33. The zero-order chi connectivity index (χ0) is 12.7. The number of hydrogen-bond donors (Lipinski definition) is 1. The first-order chi connectivity index (χ1) is 8.21. The minimum Gasteiger partial charge on any atom is -0.325 e. The molecule has 3 heteroatoms. The fourth-order valence-corrected chi connectivity index (χ4v) is 1.46. The summed E-state index contributed by atoms with van der Waals surface area (Å²) in [5.74, 6) is 1.62. The van der Waals surface area contributed by atoms with E-state index in [9.17, 15) is 4.79 Å². The number of terminal acetylenes is 1. The summed E-state index contributed by atoms with van der Waals surface area (Å²) >= 11 is 0. The monoisotopic (exact) mass is 226 g/mol. The van der Waals surface area contributed by atoms with Crippen molar-refractivity contribution in [1.82, 2.24) is 0 Å². The van der Waals surface area contributed by atoms with Crippen LogP contribution in [0.4, 0.5) is 5.69 Å². The number of carbonyl (C=O) groups is 1. The van der Waals surface area contributed by atoms with Crippen LogP contribution in [0.25, 0.3) is 0 Å². The van der Waals surface area contributed by atoms with Crippen molar-refractivity contribution in [2.45, 2.75) is 19.8 Å². The molecule has 1 aromatic rings. The number of amides is 1. The lowest BCUT2D eigenvalue weighted by Crippen LogP contribution is -2.21. The topological polar surface area (TPSA) is 52.9 Å². The van der Waals surface area contributed by atoms with E-state index in [2.05, 4.69) is 11.2 Å². The molecule has 0 bridgehead atoms. The molecular formula is C14H14N2O. The fourth-order valence-electron chi connectivity index (χ4n) is 1.46. The Labute approximate surface area is 101 Å². The molecule has 0 saturated carbocycles. The summed E-state index contributed by atoms with van der Waals surface area (Å²) in [6.07, 6.45) is 6.64. The number of benzene rings is 1. The number of nitriles is 1. The van der Waals surface area contributed by atoms with Gasteiger partial charge in [-0.3, -0.25) is 4.79 Å². The van der Waals surface area contributed by atoms with Gasteiger partial charge in [-0.15, -0.1) is 6.42 Å². The van der Waals surface area contributed by atoms with Crippen LogP contribution in [0.2, 0.25) is 0 Å². The molecule has 0 saturated heterocycles. The van der Waals surface area contributed by atoms with Crippen molar-refractivity contribution in [3.8, 4) is 18.4 Å². The SMILES string of the molecule is C#Cc1cccc(NC(=O)C(C#N)CCC)c1. The lowest BCUT2D eigenvalue weighted by molar-refractivity contribution is -0.118. The summed E-state index contributed by atoms with van der Waals surface area (Å²) in [6.45, 7) is 1.94. The van der Waals surface area contributed by atoms with Gasteiger partial charge in [0.1, 0.15) is 5.92 Å². The molecule has 17 heavy (non-hydrogen) atoms. The van der Waals surface area contributed by atoms with Crippen molar-refractivity contribution < 1.29 is 4.79 Å². The highest BCUT2D eigenvalue weighted by molar-refractivity contribution is 5.94. The summed E-state index contributed by atoms with van der Waals surface area (Å²) in [4.78, 5) is 11.7. The third-order valence-corrected chi connectivity index (χ3v) is 2.35. The number of rotatable bonds is 4. The summed E-state index contributed by atoms with van der Waals surface area (Å²) in [7, 11) is 0. The third kappa shape index (κ3) is 3.66. The highest BCUT2D eigenvalue weighted by atomic mass is 16.1. The van der Waals surface area contributed by atoms with Gasteiger partial charge in [-0.1, -0.05) is 25.3 Å². The Kier molecular flexibility index (Phi) is 4.78. The summed E-state index contributed by atoms with van der Waals surface area (Å²) in [6, 6.07) is 9.01. The number of hydrogen-bond acceptors (Lipinski definition) is 2. The second-order valence-corrected chi connectivity index (χ2v) is 3.68. The molecular weight excluding hydrogens is 212 g/mol. The molecule has 0 heterocycles. The molecule has 1 N–H and O–H groups in total. The van der Waals surface area contributed by atoms with Crippen molar-refractivity contribution in [3.05, 3.63) is 29.8 Å². The maximum absolute atomic E-state index is 11.7. The predicted octanol–water partition coefficient (Wildman–Crippen LogP) is 2.55. The normalized spacial score (nSPS) is 11.0. The van der Waals surface area contributed by atoms with Crippen LogP contribution in [0.1, 0.15) is 25.3 Å². The van der Waals surface area contributed by atoms with E-state index >= 15 is 0 Å². The lowest BCUT2D eigenvalue weighted by Gasteiger charge is -2.09. The van der Waals surface area contributed by atoms with E-state index in [1.807, 2.05) is 13.0 Å². The van der Waals surface area contributed by atoms with Gasteiger partial charge in [-0.2, -0.15) is 5.26 Å². The smallest absolute Gasteiger partial charge is 0.241 e. The van der Waals surface area contributed by atoms with E-state index in [-0.39, 0.29) is 5.91 Å². The summed E-state index contributed by atoms with van der Waals surface area (Å²) < 4.78 is 0. The Balaban J connectivity index is 2.74. The van der Waals surface area contributed by atoms with Crippen molar-refractivity contribution in [1.29, 1.82) is 5.26 Å². The molecule has 0 aliphatic carbocycles. The standard InChI is InChI=1S/C14H14N2O/c1-3-6-12(10-15)14(17)16-13-8-5-7-11(4-2)9-13/h2,5,7-9,12H,3,6H2,1H3,(H,16,17). The van der Waals surface area contributed by atoms with E-state index in [4.69, 9.17) is 11.7 Å². The number of carbonyl (C=O) groups excluding carboxylic acids is 1. The van der Waals surface area contributed by atoms with Gasteiger partial charge in [-0.25, -0.2) is 0 Å². The molecule has 1 unspecified atom stereocenters. The molecule has 0 fully saturated rings. The molecule has 1 rings (SSSR count). The minimum absolute atomic E-state index is 0.275. The van der Waals surface area contributed by atoms with Crippen LogP contribution >= 0.6 is 0 Å². The van der Waals surface area contributed by atoms with E-state index in [0.717, 1.165) is 6.42 Å². The zero-order valence-electron chi connectivity index (χ0n) is 9.73. The van der Waals surface area contributed by atoms with Gasteiger partial charge in [0.25, 0.3) is 0 Å². The maximum Gasteiger partial charge on any atom is 0.241 e. The van der Waals surface area contributed by atoms with E-state index in [0.29, 0.717) is 17.7 Å². The molecule has 0 radical (unpaired) electrons. The molecule has 86 valence electrons. The average Bonchev–Trinajstić information content (AvgIpc) is 2.36. The predicted molar refractivity (Wildman–Crippen MR) is 67.0 cm³/mol. The Morgan fingerprint density at radius 2 is 2.35 bits per heavy atom. The quantitative estimate of drug-likeness (QED) is 0.802. The Hall–Kier alpha value is -2.26. The van der Waals surface area contributed by atoms with Gasteiger partial charge in [0.15, 0.2) is 0 Å². The lowest BCUT2D eigenvalue weighted by atomic mass is 10.0. The Bertz CT molecular complexity index is 480. The molecule has 3 nitrogen and oxygen atoms in total. The molecule has 1 atom stereocenters. The maximum atomic E-state index is 11.7. The van der Waals surface area contributed by atoms with E-state index < -0.39 is 5.92 Å². The van der Waals surface area contributed by atoms with Crippen molar-refractivity contribution >= 4 is 11.6 Å². The van der Waals surface area contributed by atoms with Crippen LogP contribution in [0.3, 0.4) is 0 Å². The first kappa shape index (κ1) is 12.8. The summed E-state index contributed by atoms with van der Waals surface area (Å²) in [5, 5.41) is 11.6. The molecule has 1 amide bonds. The van der Waals surface area contributed by atoms with Crippen LogP contribution < -0.4 is 5.32 Å². The van der Waals surface area contributed by atoms with Gasteiger partial charge in [0.2, 0.25) is 5.91 Å². The van der Waals surface area contributed by atoms with Gasteiger partial charge in [0, 0.05) is 11.3 Å². The number of nitrogens with zero attached hydrogens (tertiary/aromatic N) is 1. The van der Waals surface area contributed by atoms with Crippen molar-refractivity contribution in [2.24, 2.45) is 5.92 Å². The third-order valence-electron chi connectivity index (χ3n) is 2.35. The Morgan fingerprint density at radius 3 is 2.94 bits per heavy atom. The van der Waals surface area contributed by atoms with Crippen LogP contribution in [-0.4, -0.2) is 5.91 Å². The largest absolute Gasteiger partial charge is 0.325 e. The van der Waals surface area contributed by atoms with E-state index in [1.54, 1.807) is 24.3 Å². The fraction of sp³-hybridized carbons (Fsp3) is 0.286. The van der Waals surface area contributed by atoms with Crippen LogP contribution in [-0.2, 0) is 4.79 Å². The van der Waals surface area contributed by atoms with Gasteiger partial charge in [-0.05, 0) is 24.6 Å². The number of nitrogens with one attached hydrogen (secondary N) is 1. The van der Waals surface area contributed by atoms with Crippen LogP contribution in [0.15, 0.2) is 24.3 Å². The minimum atomic E-state index is -0.602. The van der Waals surface area contributed by atoms with Crippen molar-refractivity contribution in [2.75, 3.05) is 5.32 Å². The zero-order valence-corrected chi connectivity index (χ0v) is 9.73. The van der Waals surface area contributed by atoms with Gasteiger partial charge >= 0.3 is 0 Å². The highest BCUT2D eigenvalue weighted by Crippen LogP contribution is 2.13.